The van der Waals surface area contributed by atoms with Gasteiger partial charge < -0.3 is 9.47 Å². The number of imide groups is 1. The van der Waals surface area contributed by atoms with Crippen molar-refractivity contribution in [2.75, 3.05) is 19.1 Å². The van der Waals surface area contributed by atoms with Crippen LogP contribution in [0.4, 0.5) is 5.69 Å². The van der Waals surface area contributed by atoms with Gasteiger partial charge in [-0.1, -0.05) is 97.1 Å². The minimum Gasteiger partial charge on any atom is -0.497 e. The third-order valence-corrected chi connectivity index (χ3v) is 10.7. The van der Waals surface area contributed by atoms with Crippen molar-refractivity contribution < 1.29 is 28.7 Å². The first-order chi connectivity index (χ1) is 24.3. The molecule has 5 aromatic carbocycles. The van der Waals surface area contributed by atoms with Gasteiger partial charge in [-0.25, -0.2) is 4.90 Å². The van der Waals surface area contributed by atoms with Crippen molar-refractivity contribution in [3.05, 3.63) is 161 Å². The fraction of sp³-hybridized carbons (Fsp3) is 0.163. The second-order valence-corrected chi connectivity index (χ2v) is 13.0. The summed E-state index contributed by atoms with van der Waals surface area (Å²) in [5.41, 5.74) is 1.67. The van der Waals surface area contributed by atoms with E-state index in [1.54, 1.807) is 38.5 Å². The summed E-state index contributed by atoms with van der Waals surface area (Å²) < 4.78 is 11.0. The Balaban J connectivity index is 1.53. The van der Waals surface area contributed by atoms with Gasteiger partial charge in [-0.05, 0) is 76.7 Å². The molecule has 7 heteroatoms. The van der Waals surface area contributed by atoms with Crippen molar-refractivity contribution in [1.29, 1.82) is 0 Å². The second kappa shape index (κ2) is 11.5. The third kappa shape index (κ3) is 4.03. The number of nitrogens with zero attached hydrogens (tertiary/aromatic N) is 1. The molecule has 2 fully saturated rings. The normalized spacial score (nSPS) is 23.7. The molecule has 2 amide bonds. The summed E-state index contributed by atoms with van der Waals surface area (Å²) in [4.78, 5) is 60.1. The van der Waals surface area contributed by atoms with Gasteiger partial charge >= 0.3 is 0 Å². The number of hydrogen-bond acceptors (Lipinski definition) is 6. The molecule has 0 spiro atoms. The number of Topliss-reactive ketones (excluding diaryl/α,β-unsaturated/α-hetero) is 2. The molecular weight excluding hydrogens is 626 g/mol. The van der Waals surface area contributed by atoms with Gasteiger partial charge in [-0.2, -0.15) is 0 Å². The lowest BCUT2D eigenvalue weighted by atomic mass is 9.59. The number of methoxy groups -OCH3 is 2. The number of carbonyl (C=O) groups excluding carboxylic acids is 4. The van der Waals surface area contributed by atoms with E-state index in [1.165, 1.54) is 11.8 Å². The van der Waals surface area contributed by atoms with E-state index < -0.39 is 34.5 Å². The number of allylic oxidation sites excluding steroid dienone is 2. The Hall–Kier alpha value is -6.08. The minimum atomic E-state index is -1.55. The summed E-state index contributed by atoms with van der Waals surface area (Å²) in [6.45, 7) is 1.45. The molecule has 0 aromatic heterocycles. The largest absolute Gasteiger partial charge is 0.497 e. The highest BCUT2D eigenvalue weighted by atomic mass is 16.5. The lowest BCUT2D eigenvalue weighted by Gasteiger charge is -2.39. The summed E-state index contributed by atoms with van der Waals surface area (Å²) in [6.07, 6.45) is 0. The van der Waals surface area contributed by atoms with Crippen molar-refractivity contribution >= 4 is 40.2 Å². The smallest absolute Gasteiger partial charge is 0.239 e. The Morgan fingerprint density at radius 2 is 1.02 bits per heavy atom. The van der Waals surface area contributed by atoms with Crippen LogP contribution < -0.4 is 14.4 Å². The molecule has 0 unspecified atom stereocenters. The van der Waals surface area contributed by atoms with Crippen LogP contribution in [0.25, 0.3) is 11.1 Å². The van der Waals surface area contributed by atoms with E-state index in [9.17, 15) is 4.79 Å². The van der Waals surface area contributed by atoms with Crippen LogP contribution in [0.1, 0.15) is 39.5 Å². The first-order valence-corrected chi connectivity index (χ1v) is 16.5. The number of ketones is 2. The van der Waals surface area contributed by atoms with E-state index in [0.29, 0.717) is 45.0 Å². The van der Waals surface area contributed by atoms with Crippen LogP contribution in [0.5, 0.6) is 11.5 Å². The van der Waals surface area contributed by atoms with Crippen LogP contribution >= 0.6 is 0 Å². The molecule has 8 rings (SSSR count). The molecule has 1 aliphatic heterocycles. The Bertz CT molecular complexity index is 2100. The number of amides is 2. The molecule has 50 heavy (non-hydrogen) atoms. The van der Waals surface area contributed by atoms with Crippen LogP contribution in [-0.2, 0) is 25.2 Å². The molecular formula is C43H33NO6. The average Bonchev–Trinajstić information content (AvgIpc) is 3.67. The first-order valence-electron chi connectivity index (χ1n) is 16.5. The molecule has 0 N–H and O–H groups in total. The first kappa shape index (κ1) is 31.2. The maximum atomic E-state index is 16.1. The molecule has 5 aromatic rings. The predicted molar refractivity (Wildman–Crippen MR) is 190 cm³/mol. The maximum Gasteiger partial charge on any atom is 0.239 e. The van der Waals surface area contributed by atoms with E-state index in [4.69, 9.17) is 9.47 Å². The summed E-state index contributed by atoms with van der Waals surface area (Å²) in [5, 5.41) is 0. The van der Waals surface area contributed by atoms with Crippen LogP contribution in [0.2, 0.25) is 0 Å². The summed E-state index contributed by atoms with van der Waals surface area (Å²) in [5.74, 6) is -2.23. The topological polar surface area (TPSA) is 90.0 Å². The highest BCUT2D eigenvalue weighted by molar-refractivity contribution is 6.39. The summed E-state index contributed by atoms with van der Waals surface area (Å²) in [6, 6.07) is 40.3. The molecule has 4 atom stereocenters. The van der Waals surface area contributed by atoms with E-state index in [2.05, 4.69) is 0 Å². The van der Waals surface area contributed by atoms with Crippen LogP contribution in [-0.4, -0.2) is 37.6 Å². The summed E-state index contributed by atoms with van der Waals surface area (Å²) >= 11 is 0. The number of ether oxygens (including phenoxy) is 2. The quantitative estimate of drug-likeness (QED) is 0.131. The average molecular weight is 660 g/mol. The van der Waals surface area contributed by atoms with E-state index >= 15 is 14.4 Å². The number of hydrogen-bond donors (Lipinski definition) is 0. The van der Waals surface area contributed by atoms with Gasteiger partial charge in [0.2, 0.25) is 11.8 Å². The lowest BCUT2D eigenvalue weighted by molar-refractivity contribution is -0.130. The van der Waals surface area contributed by atoms with E-state index in [-0.39, 0.29) is 11.6 Å². The van der Waals surface area contributed by atoms with Crippen molar-refractivity contribution in [3.63, 3.8) is 0 Å². The van der Waals surface area contributed by atoms with Crippen LogP contribution in [0, 0.1) is 11.8 Å². The third-order valence-electron chi connectivity index (χ3n) is 10.7. The zero-order valence-electron chi connectivity index (χ0n) is 27.8. The molecule has 1 saturated heterocycles. The fourth-order valence-electron chi connectivity index (χ4n) is 8.76. The molecule has 246 valence electrons. The monoisotopic (exact) mass is 659 g/mol. The maximum absolute atomic E-state index is 16.1. The molecule has 7 nitrogen and oxygen atoms in total. The lowest BCUT2D eigenvalue weighted by Crippen LogP contribution is -2.45. The Morgan fingerprint density at radius 1 is 0.580 bits per heavy atom. The van der Waals surface area contributed by atoms with Crippen LogP contribution in [0.15, 0.2) is 133 Å². The number of benzene rings is 5. The van der Waals surface area contributed by atoms with Crippen molar-refractivity contribution in [2.24, 2.45) is 11.8 Å². The van der Waals surface area contributed by atoms with Crippen LogP contribution in [0.3, 0.4) is 0 Å². The van der Waals surface area contributed by atoms with Gasteiger partial charge in [0.05, 0.1) is 42.6 Å². The Morgan fingerprint density at radius 3 is 1.42 bits per heavy atom. The Labute approximate surface area is 289 Å². The van der Waals surface area contributed by atoms with Gasteiger partial charge in [0, 0.05) is 5.56 Å². The highest BCUT2D eigenvalue weighted by Crippen LogP contribution is 2.74. The summed E-state index contributed by atoms with van der Waals surface area (Å²) in [7, 11) is 3.19. The van der Waals surface area contributed by atoms with E-state index in [0.717, 1.165) is 11.1 Å². The van der Waals surface area contributed by atoms with Gasteiger partial charge in [0.15, 0.2) is 11.6 Å². The molecule has 1 saturated carbocycles. The molecule has 2 bridgehead atoms. The van der Waals surface area contributed by atoms with Crippen molar-refractivity contribution in [3.8, 4) is 11.5 Å². The predicted octanol–water partition coefficient (Wildman–Crippen LogP) is 7.10. The standard InChI is InChI=1S/C43H33NO6/c1-26(45)29-11-10-16-32(25-29)44-39(46)37-38(40(44)47)43(31-14-8-5-9-15-31)36(28-19-23-34(50-3)24-20-28)35(27-17-21-33(49-2)22-18-27)42(37,41(43)48)30-12-6-4-7-13-30/h4-25,37-38H,1-3H3/t37-,38-,42+,43+/m0/s1. The van der Waals surface area contributed by atoms with Crippen molar-refractivity contribution in [1.82, 2.24) is 0 Å². The second-order valence-electron chi connectivity index (χ2n) is 13.0. The fourth-order valence-corrected chi connectivity index (χ4v) is 8.76. The van der Waals surface area contributed by atoms with Gasteiger partial charge in [0.25, 0.3) is 0 Å². The van der Waals surface area contributed by atoms with Gasteiger partial charge in [0.1, 0.15) is 11.5 Å². The van der Waals surface area contributed by atoms with Crippen molar-refractivity contribution in [2.45, 2.75) is 17.8 Å². The molecule has 2 aliphatic carbocycles. The SMILES string of the molecule is COc1ccc(C2=C(c3ccc(OC)cc3)[C@@]3(c4ccccc4)C(=O)[C@@]2(c2ccccc2)[C@@H]2C(=O)N(c4cccc(C(C)=O)c4)C(=O)[C@H]23)cc1. The molecule has 0 radical (unpaired) electrons. The van der Waals surface area contributed by atoms with Gasteiger partial charge in [-0.3, -0.25) is 19.2 Å². The number of anilines is 1. The number of fused-ring (bicyclic) bond motifs is 5. The number of carbonyl (C=O) groups is 4. The Kier molecular flexibility index (Phi) is 7.19. The number of rotatable bonds is 8. The molecule has 3 aliphatic rings. The highest BCUT2D eigenvalue weighted by Gasteiger charge is 2.82. The zero-order chi connectivity index (χ0) is 34.8. The van der Waals surface area contributed by atoms with E-state index in [1.807, 2.05) is 109 Å². The molecule has 1 heterocycles. The zero-order valence-corrected chi connectivity index (χ0v) is 27.8. The van der Waals surface area contributed by atoms with Gasteiger partial charge in [-0.15, -0.1) is 0 Å². The minimum absolute atomic E-state index is 0.187.